The Morgan fingerprint density at radius 2 is 2.00 bits per heavy atom. The van der Waals surface area contributed by atoms with Crippen LogP contribution >= 0.6 is 0 Å². The van der Waals surface area contributed by atoms with Crippen LogP contribution in [0.4, 0.5) is 4.39 Å². The predicted octanol–water partition coefficient (Wildman–Crippen LogP) is 3.59. The molecule has 1 aliphatic rings. The maximum Gasteiger partial charge on any atom is 0.316 e. The number of halogens is 1. The molecule has 3 heteroatoms. The van der Waals surface area contributed by atoms with Gasteiger partial charge in [-0.05, 0) is 44.4 Å². The van der Waals surface area contributed by atoms with E-state index in [1.54, 1.807) is 6.07 Å². The van der Waals surface area contributed by atoms with Crippen molar-refractivity contribution in [3.8, 4) is 0 Å². The van der Waals surface area contributed by atoms with Crippen LogP contribution in [0.15, 0.2) is 24.3 Å². The number of carbonyl (C=O) groups excluding carboxylic acids is 1. The Kier molecular flexibility index (Phi) is 3.69. The molecule has 1 aromatic carbocycles. The molecule has 0 unspecified atom stereocenters. The number of carbonyl (C=O) groups is 1. The van der Waals surface area contributed by atoms with Gasteiger partial charge in [-0.1, -0.05) is 25.0 Å². The van der Waals surface area contributed by atoms with E-state index in [0.717, 1.165) is 31.2 Å². The van der Waals surface area contributed by atoms with E-state index in [4.69, 9.17) is 4.74 Å². The summed E-state index contributed by atoms with van der Waals surface area (Å²) in [7, 11) is 0. The molecule has 0 saturated heterocycles. The molecule has 0 amide bonds. The van der Waals surface area contributed by atoms with Gasteiger partial charge in [0, 0.05) is 0 Å². The molecule has 2 rings (SSSR count). The topological polar surface area (TPSA) is 26.3 Å². The maximum atomic E-state index is 13.4. The first kappa shape index (κ1) is 13.1. The second-order valence-corrected chi connectivity index (χ2v) is 5.25. The summed E-state index contributed by atoms with van der Waals surface area (Å²) in [5.41, 5.74) is 0.123. The van der Waals surface area contributed by atoms with Gasteiger partial charge in [0.2, 0.25) is 0 Å². The fraction of sp³-hybridized carbons (Fsp3) is 0.533. The molecule has 2 nitrogen and oxygen atoms in total. The average Bonchev–Trinajstić information content (AvgIpc) is 2.78. The largest absolute Gasteiger partial charge is 0.462 e. The van der Waals surface area contributed by atoms with Gasteiger partial charge in [0.1, 0.15) is 5.82 Å². The molecule has 98 valence electrons. The Morgan fingerprint density at radius 1 is 1.33 bits per heavy atom. The zero-order valence-corrected chi connectivity index (χ0v) is 10.9. The number of hydrogen-bond acceptors (Lipinski definition) is 2. The Balaban J connectivity index is 2.35. The van der Waals surface area contributed by atoms with Crippen molar-refractivity contribution in [3.05, 3.63) is 35.6 Å². The Hall–Kier alpha value is -1.38. The molecule has 0 atom stereocenters. The van der Waals surface area contributed by atoms with Crippen molar-refractivity contribution < 1.29 is 13.9 Å². The first-order valence-electron chi connectivity index (χ1n) is 6.52. The van der Waals surface area contributed by atoms with Crippen LogP contribution < -0.4 is 0 Å². The first-order valence-corrected chi connectivity index (χ1v) is 6.52. The van der Waals surface area contributed by atoms with Crippen LogP contribution in [-0.4, -0.2) is 12.1 Å². The maximum absolute atomic E-state index is 13.4. The van der Waals surface area contributed by atoms with Crippen LogP contribution in [0.1, 0.15) is 45.1 Å². The van der Waals surface area contributed by atoms with Gasteiger partial charge in [-0.2, -0.15) is 0 Å². The highest BCUT2D eigenvalue weighted by Gasteiger charge is 2.44. The van der Waals surface area contributed by atoms with Gasteiger partial charge in [0.15, 0.2) is 0 Å². The zero-order chi connectivity index (χ0) is 13.2. The van der Waals surface area contributed by atoms with Crippen molar-refractivity contribution in [1.29, 1.82) is 0 Å². The molecule has 0 spiro atoms. The van der Waals surface area contributed by atoms with Crippen LogP contribution in [-0.2, 0) is 14.9 Å². The molecule has 0 aromatic heterocycles. The first-order chi connectivity index (χ1) is 8.54. The normalized spacial score (nSPS) is 18.0. The van der Waals surface area contributed by atoms with Crippen LogP contribution in [0.3, 0.4) is 0 Å². The highest BCUT2D eigenvalue weighted by Crippen LogP contribution is 2.42. The lowest BCUT2D eigenvalue weighted by Gasteiger charge is -2.28. The van der Waals surface area contributed by atoms with Gasteiger partial charge in [-0.25, -0.2) is 4.39 Å². The number of benzene rings is 1. The van der Waals surface area contributed by atoms with Crippen molar-refractivity contribution in [3.63, 3.8) is 0 Å². The Labute approximate surface area is 107 Å². The third kappa shape index (κ3) is 2.40. The fourth-order valence-electron chi connectivity index (χ4n) is 2.70. The van der Waals surface area contributed by atoms with Crippen molar-refractivity contribution in [2.75, 3.05) is 0 Å². The average molecular weight is 250 g/mol. The zero-order valence-electron chi connectivity index (χ0n) is 10.9. The van der Waals surface area contributed by atoms with Crippen molar-refractivity contribution in [1.82, 2.24) is 0 Å². The molecule has 1 aromatic rings. The van der Waals surface area contributed by atoms with Crippen molar-refractivity contribution >= 4 is 5.97 Å². The van der Waals surface area contributed by atoms with E-state index in [2.05, 4.69) is 0 Å². The predicted molar refractivity (Wildman–Crippen MR) is 67.8 cm³/mol. The van der Waals surface area contributed by atoms with Gasteiger partial charge in [0.25, 0.3) is 0 Å². The number of esters is 1. The fourth-order valence-corrected chi connectivity index (χ4v) is 2.70. The van der Waals surface area contributed by atoms with Gasteiger partial charge in [0.05, 0.1) is 11.5 Å². The van der Waals surface area contributed by atoms with Gasteiger partial charge < -0.3 is 4.74 Å². The van der Waals surface area contributed by atoms with E-state index in [-0.39, 0.29) is 17.9 Å². The lowest BCUT2D eigenvalue weighted by atomic mass is 9.79. The second-order valence-electron chi connectivity index (χ2n) is 5.25. The number of hydrogen-bond donors (Lipinski definition) is 0. The number of ether oxygens (including phenoxy) is 1. The van der Waals surface area contributed by atoms with E-state index >= 15 is 0 Å². The summed E-state index contributed by atoms with van der Waals surface area (Å²) in [4.78, 5) is 12.3. The lowest BCUT2D eigenvalue weighted by Crippen LogP contribution is -2.36. The minimum Gasteiger partial charge on any atom is -0.462 e. The lowest BCUT2D eigenvalue weighted by molar-refractivity contribution is -0.154. The standard InChI is InChI=1S/C15H19FO2/c1-11(2)18-14(17)15(8-3-4-9-15)12-6-5-7-13(16)10-12/h5-7,10-11H,3-4,8-9H2,1-2H3. The van der Waals surface area contributed by atoms with Gasteiger partial charge >= 0.3 is 5.97 Å². The summed E-state index contributed by atoms with van der Waals surface area (Å²) in [6, 6.07) is 6.36. The summed E-state index contributed by atoms with van der Waals surface area (Å²) in [6.07, 6.45) is 3.35. The molecule has 0 N–H and O–H groups in total. The Morgan fingerprint density at radius 3 is 2.56 bits per heavy atom. The summed E-state index contributed by atoms with van der Waals surface area (Å²) in [6.45, 7) is 3.68. The third-order valence-corrected chi connectivity index (χ3v) is 3.57. The monoisotopic (exact) mass is 250 g/mol. The third-order valence-electron chi connectivity index (χ3n) is 3.57. The SMILES string of the molecule is CC(C)OC(=O)C1(c2cccc(F)c2)CCCC1. The van der Waals surface area contributed by atoms with E-state index in [0.29, 0.717) is 0 Å². The van der Waals surface area contributed by atoms with E-state index in [9.17, 15) is 9.18 Å². The molecule has 18 heavy (non-hydrogen) atoms. The second kappa shape index (κ2) is 5.09. The summed E-state index contributed by atoms with van der Waals surface area (Å²) in [5, 5.41) is 0. The molecule has 0 radical (unpaired) electrons. The minimum atomic E-state index is -0.633. The highest BCUT2D eigenvalue weighted by molar-refractivity contribution is 5.83. The summed E-state index contributed by atoms with van der Waals surface area (Å²) >= 11 is 0. The van der Waals surface area contributed by atoms with E-state index in [1.165, 1.54) is 12.1 Å². The van der Waals surface area contributed by atoms with Crippen LogP contribution in [0.5, 0.6) is 0 Å². The summed E-state index contributed by atoms with van der Waals surface area (Å²) in [5.74, 6) is -0.503. The number of rotatable bonds is 3. The molecule has 0 aliphatic heterocycles. The van der Waals surface area contributed by atoms with Crippen molar-refractivity contribution in [2.24, 2.45) is 0 Å². The molecule has 1 saturated carbocycles. The highest BCUT2D eigenvalue weighted by atomic mass is 19.1. The van der Waals surface area contributed by atoms with E-state index < -0.39 is 5.41 Å². The quantitative estimate of drug-likeness (QED) is 0.766. The molecule has 1 aliphatic carbocycles. The molecule has 1 fully saturated rings. The van der Waals surface area contributed by atoms with Crippen molar-refractivity contribution in [2.45, 2.75) is 51.0 Å². The molecular formula is C15H19FO2. The van der Waals surface area contributed by atoms with E-state index in [1.807, 2.05) is 19.9 Å². The van der Waals surface area contributed by atoms with Gasteiger partial charge in [-0.3, -0.25) is 4.79 Å². The van der Waals surface area contributed by atoms with Crippen LogP contribution in [0, 0.1) is 5.82 Å². The minimum absolute atomic E-state index is 0.136. The van der Waals surface area contributed by atoms with Gasteiger partial charge in [-0.15, -0.1) is 0 Å². The molecular weight excluding hydrogens is 231 g/mol. The molecule has 0 heterocycles. The van der Waals surface area contributed by atoms with Crippen LogP contribution in [0.25, 0.3) is 0 Å². The summed E-state index contributed by atoms with van der Waals surface area (Å²) < 4.78 is 18.7. The molecule has 0 bridgehead atoms. The van der Waals surface area contributed by atoms with Crippen LogP contribution in [0.2, 0.25) is 0 Å². The smallest absolute Gasteiger partial charge is 0.316 e. The Bertz CT molecular complexity index is 434.